The second kappa shape index (κ2) is 11.8. The minimum atomic E-state index is -0.822. The van der Waals surface area contributed by atoms with E-state index in [1.807, 2.05) is 49.4 Å². The van der Waals surface area contributed by atoms with Gasteiger partial charge in [0.05, 0.1) is 17.3 Å². The number of likely N-dealkylation sites (tertiary alicyclic amines) is 1. The van der Waals surface area contributed by atoms with Crippen LogP contribution in [0.5, 0.6) is 5.75 Å². The maximum atomic E-state index is 12.6. The second-order valence-corrected chi connectivity index (χ2v) is 11.4. The Kier molecular flexibility index (Phi) is 8.68. The van der Waals surface area contributed by atoms with E-state index in [2.05, 4.69) is 31.0 Å². The first-order valence-corrected chi connectivity index (χ1v) is 13.4. The molecule has 0 saturated carbocycles. The molecular formula is C32H40N2O4. The van der Waals surface area contributed by atoms with Crippen molar-refractivity contribution in [2.45, 2.75) is 70.4 Å². The van der Waals surface area contributed by atoms with Gasteiger partial charge in [0, 0.05) is 31.2 Å². The van der Waals surface area contributed by atoms with E-state index in [9.17, 15) is 15.0 Å². The predicted octanol–water partition coefficient (Wildman–Crippen LogP) is 5.20. The maximum absolute atomic E-state index is 12.6. The number of piperidine rings is 1. The summed E-state index contributed by atoms with van der Waals surface area (Å²) in [6.45, 7) is 10.5. The summed E-state index contributed by atoms with van der Waals surface area (Å²) in [7, 11) is 0. The number of aliphatic hydroxyl groups is 2. The van der Waals surface area contributed by atoms with Crippen molar-refractivity contribution < 1.29 is 19.7 Å². The van der Waals surface area contributed by atoms with Crippen molar-refractivity contribution >= 4 is 5.97 Å². The maximum Gasteiger partial charge on any atom is 0.343 e. The molecular weight excluding hydrogens is 476 g/mol. The topological polar surface area (TPSA) is 82.0 Å². The van der Waals surface area contributed by atoms with Crippen LogP contribution in [0.3, 0.4) is 0 Å². The van der Waals surface area contributed by atoms with E-state index in [-0.39, 0.29) is 11.6 Å². The summed E-state index contributed by atoms with van der Waals surface area (Å²) < 4.78 is 5.56. The van der Waals surface area contributed by atoms with Crippen molar-refractivity contribution in [1.82, 2.24) is 10.2 Å². The Balaban J connectivity index is 1.30. The van der Waals surface area contributed by atoms with Crippen LogP contribution in [0, 0.1) is 0 Å². The molecule has 0 amide bonds. The quantitative estimate of drug-likeness (QED) is 0.282. The Hall–Kier alpha value is -3.03. The molecule has 1 fully saturated rings. The highest BCUT2D eigenvalue weighted by Crippen LogP contribution is 2.35. The van der Waals surface area contributed by atoms with Gasteiger partial charge in [-0.15, -0.1) is 0 Å². The van der Waals surface area contributed by atoms with E-state index in [0.717, 1.165) is 23.2 Å². The predicted molar refractivity (Wildman–Crippen MR) is 150 cm³/mol. The Bertz CT molecular complexity index is 1180. The minimum absolute atomic E-state index is 0.0244. The van der Waals surface area contributed by atoms with Crippen LogP contribution in [0.15, 0.2) is 78.9 Å². The van der Waals surface area contributed by atoms with E-state index < -0.39 is 17.7 Å². The van der Waals surface area contributed by atoms with Crippen molar-refractivity contribution in [2.75, 3.05) is 13.1 Å². The molecule has 38 heavy (non-hydrogen) atoms. The number of rotatable bonds is 8. The van der Waals surface area contributed by atoms with Crippen LogP contribution < -0.4 is 10.1 Å². The van der Waals surface area contributed by atoms with Gasteiger partial charge in [0.1, 0.15) is 5.75 Å². The van der Waals surface area contributed by atoms with Gasteiger partial charge in [-0.05, 0) is 81.5 Å². The van der Waals surface area contributed by atoms with E-state index in [1.165, 1.54) is 0 Å². The average molecular weight is 517 g/mol. The Morgan fingerprint density at radius 1 is 0.974 bits per heavy atom. The summed E-state index contributed by atoms with van der Waals surface area (Å²) in [6.07, 6.45) is 0.547. The van der Waals surface area contributed by atoms with Gasteiger partial charge in [-0.25, -0.2) is 4.79 Å². The summed E-state index contributed by atoms with van der Waals surface area (Å²) in [6, 6.07) is 24.1. The number of nitrogens with zero attached hydrogens (tertiary/aromatic N) is 1. The number of esters is 1. The molecule has 0 unspecified atom stereocenters. The fraction of sp³-hybridized carbons (Fsp3) is 0.406. The Labute approximate surface area is 226 Å². The van der Waals surface area contributed by atoms with Gasteiger partial charge in [0.25, 0.3) is 0 Å². The van der Waals surface area contributed by atoms with Crippen molar-refractivity contribution in [2.24, 2.45) is 0 Å². The molecule has 6 heteroatoms. The lowest BCUT2D eigenvalue weighted by molar-refractivity contribution is -0.0501. The second-order valence-electron chi connectivity index (χ2n) is 11.4. The van der Waals surface area contributed by atoms with Crippen LogP contribution in [0.4, 0.5) is 0 Å². The van der Waals surface area contributed by atoms with Gasteiger partial charge in [0.15, 0.2) is 0 Å². The lowest BCUT2D eigenvalue weighted by atomic mass is 9.83. The third-order valence-electron chi connectivity index (χ3n) is 7.41. The third kappa shape index (κ3) is 7.08. The molecule has 0 aromatic heterocycles. The Morgan fingerprint density at radius 3 is 2.16 bits per heavy atom. The van der Waals surface area contributed by atoms with E-state index in [4.69, 9.17) is 4.74 Å². The fourth-order valence-corrected chi connectivity index (χ4v) is 4.84. The smallest absolute Gasteiger partial charge is 0.343 e. The lowest BCUT2D eigenvalue weighted by Gasteiger charge is -2.42. The number of benzene rings is 3. The minimum Gasteiger partial charge on any atom is -0.423 e. The van der Waals surface area contributed by atoms with Gasteiger partial charge in [-0.3, -0.25) is 4.90 Å². The number of aliphatic hydroxyl groups excluding tert-OH is 1. The number of hydrogen-bond donors (Lipinski definition) is 3. The van der Waals surface area contributed by atoms with Crippen LogP contribution in [0.2, 0.25) is 0 Å². The molecule has 0 bridgehead atoms. The highest BCUT2D eigenvalue weighted by Gasteiger charge is 2.36. The number of hydrogen-bond acceptors (Lipinski definition) is 6. The van der Waals surface area contributed by atoms with Gasteiger partial charge in [-0.2, -0.15) is 0 Å². The SMILES string of the molecule is C[C@@H]([C@@H](O)c1ccc(OC(=O)c2ccc(CNC(C)(C)C)cc2)cc1)N1CCC(O)(c2ccccc2)CC1. The molecule has 1 aliphatic heterocycles. The first kappa shape index (κ1) is 28.0. The van der Waals surface area contributed by atoms with Gasteiger partial charge < -0.3 is 20.3 Å². The molecule has 3 N–H and O–H groups in total. The summed E-state index contributed by atoms with van der Waals surface area (Å²) in [5.74, 6) is 0.0178. The molecule has 0 aliphatic carbocycles. The zero-order valence-corrected chi connectivity index (χ0v) is 22.9. The lowest BCUT2D eigenvalue weighted by Crippen LogP contribution is -2.47. The molecule has 6 nitrogen and oxygen atoms in total. The van der Waals surface area contributed by atoms with Gasteiger partial charge in [0.2, 0.25) is 0 Å². The third-order valence-corrected chi connectivity index (χ3v) is 7.41. The van der Waals surface area contributed by atoms with Gasteiger partial charge in [-0.1, -0.05) is 54.6 Å². The largest absolute Gasteiger partial charge is 0.423 e. The van der Waals surface area contributed by atoms with E-state index in [0.29, 0.717) is 37.2 Å². The summed E-state index contributed by atoms with van der Waals surface area (Å²) in [4.78, 5) is 14.8. The van der Waals surface area contributed by atoms with Crippen LogP contribution >= 0.6 is 0 Å². The fourth-order valence-electron chi connectivity index (χ4n) is 4.84. The number of ether oxygens (including phenoxy) is 1. The molecule has 1 heterocycles. The summed E-state index contributed by atoms with van der Waals surface area (Å²) >= 11 is 0. The first-order valence-electron chi connectivity index (χ1n) is 13.4. The molecule has 1 aliphatic rings. The van der Waals surface area contributed by atoms with E-state index in [1.54, 1.807) is 36.4 Å². The molecule has 202 valence electrons. The summed E-state index contributed by atoms with van der Waals surface area (Å²) in [5.41, 5.74) is 2.50. The molecule has 2 atom stereocenters. The monoisotopic (exact) mass is 516 g/mol. The van der Waals surface area contributed by atoms with E-state index >= 15 is 0 Å². The highest BCUT2D eigenvalue weighted by atomic mass is 16.5. The van der Waals surface area contributed by atoms with Crippen molar-refractivity contribution in [3.8, 4) is 5.75 Å². The first-order chi connectivity index (χ1) is 18.0. The standard InChI is InChI=1S/C32H40N2O4/c1-23(34-20-18-32(37,19-21-34)27-8-6-5-7-9-27)29(35)25-14-16-28(17-15-25)38-30(36)26-12-10-24(11-13-26)22-33-31(2,3)4/h5-17,23,29,33,35,37H,18-22H2,1-4H3/t23-,29+/m0/s1. The number of carbonyl (C=O) groups is 1. The molecule has 1 saturated heterocycles. The summed E-state index contributed by atoms with van der Waals surface area (Å²) in [5, 5.41) is 25.6. The average Bonchev–Trinajstić information content (AvgIpc) is 2.92. The Morgan fingerprint density at radius 2 is 1.58 bits per heavy atom. The van der Waals surface area contributed by atoms with Crippen LogP contribution in [-0.4, -0.2) is 45.8 Å². The zero-order valence-electron chi connectivity index (χ0n) is 22.9. The molecule has 3 aromatic carbocycles. The molecule has 0 radical (unpaired) electrons. The number of carbonyl (C=O) groups excluding carboxylic acids is 1. The van der Waals surface area contributed by atoms with Crippen LogP contribution in [-0.2, 0) is 12.1 Å². The molecule has 3 aromatic rings. The normalized spacial score (nSPS) is 17.5. The van der Waals surface area contributed by atoms with Crippen LogP contribution in [0.25, 0.3) is 0 Å². The zero-order chi connectivity index (χ0) is 27.3. The molecule has 0 spiro atoms. The van der Waals surface area contributed by atoms with Crippen molar-refractivity contribution in [3.63, 3.8) is 0 Å². The molecule has 4 rings (SSSR count). The highest BCUT2D eigenvalue weighted by molar-refractivity contribution is 5.91. The number of nitrogens with one attached hydrogen (secondary N) is 1. The van der Waals surface area contributed by atoms with Crippen LogP contribution in [0.1, 0.15) is 73.7 Å². The van der Waals surface area contributed by atoms with Crippen molar-refractivity contribution in [3.05, 3.63) is 101 Å². The van der Waals surface area contributed by atoms with Crippen molar-refractivity contribution in [1.29, 1.82) is 0 Å². The van der Waals surface area contributed by atoms with Gasteiger partial charge >= 0.3 is 5.97 Å².